The second-order valence-electron chi connectivity index (χ2n) is 7.69. The lowest BCUT2D eigenvalue weighted by molar-refractivity contribution is 0.0793. The van der Waals surface area contributed by atoms with Gasteiger partial charge in [-0.25, -0.2) is 9.78 Å². The number of rotatable bonds is 7. The first-order chi connectivity index (χ1) is 14.6. The first kappa shape index (κ1) is 20.0. The van der Waals surface area contributed by atoms with Crippen LogP contribution >= 0.6 is 0 Å². The largest absolute Gasteiger partial charge is 0.495 e. The van der Waals surface area contributed by atoms with Crippen LogP contribution < -0.4 is 20.7 Å². The summed E-state index contributed by atoms with van der Waals surface area (Å²) >= 11 is 0. The Morgan fingerprint density at radius 3 is 2.70 bits per heavy atom. The number of anilines is 2. The number of pyridine rings is 1. The molecule has 1 aliphatic carbocycles. The van der Waals surface area contributed by atoms with Gasteiger partial charge in [-0.2, -0.15) is 0 Å². The fourth-order valence-corrected chi connectivity index (χ4v) is 3.49. The van der Waals surface area contributed by atoms with Crippen LogP contribution in [0.15, 0.2) is 36.5 Å². The maximum absolute atomic E-state index is 12.7. The number of carbonyl (C=O) groups excluding carboxylic acids is 2. The maximum atomic E-state index is 12.7. The van der Waals surface area contributed by atoms with E-state index in [1.165, 1.54) is 20.0 Å². The summed E-state index contributed by atoms with van der Waals surface area (Å²) in [6.45, 7) is 1.91. The third-order valence-electron chi connectivity index (χ3n) is 5.29. The maximum Gasteiger partial charge on any atom is 0.319 e. The quantitative estimate of drug-likeness (QED) is 0.653. The van der Waals surface area contributed by atoms with Gasteiger partial charge in [0.25, 0.3) is 5.91 Å². The van der Waals surface area contributed by atoms with Crippen LogP contribution in [0, 0.1) is 0 Å². The molecule has 30 heavy (non-hydrogen) atoms. The lowest BCUT2D eigenvalue weighted by atomic mass is 10.1. The van der Waals surface area contributed by atoms with E-state index in [-0.39, 0.29) is 11.9 Å². The molecule has 3 amide bonds. The number of methoxy groups -OCH3 is 1. The number of hydrogen-bond acceptors (Lipinski definition) is 5. The van der Waals surface area contributed by atoms with Gasteiger partial charge < -0.3 is 25.6 Å². The van der Waals surface area contributed by atoms with E-state index in [4.69, 9.17) is 4.74 Å². The Morgan fingerprint density at radius 2 is 1.97 bits per heavy atom. The fraction of sp³-hybridized carbons (Fsp3) is 0.409. The standard InChI is InChI=1S/C22H27N5O3/c1-30-19-7-4-16(21(28)27-10-2-3-11-27)13-18(19)26-22(29)24-14-15-8-9-23-20(12-15)25-17-5-6-17/h4,7-9,12-13,17H,2-3,5-6,10-11,14H2,1H3,(H,23,25)(H2,24,26,29). The summed E-state index contributed by atoms with van der Waals surface area (Å²) in [4.78, 5) is 31.3. The molecular weight excluding hydrogens is 382 g/mol. The van der Waals surface area contributed by atoms with Crippen LogP contribution in [-0.2, 0) is 6.54 Å². The summed E-state index contributed by atoms with van der Waals surface area (Å²) in [6, 6.07) is 9.07. The Balaban J connectivity index is 1.38. The second kappa shape index (κ2) is 9.02. The van der Waals surface area contributed by atoms with Gasteiger partial charge in [0.15, 0.2) is 0 Å². The number of nitrogens with one attached hydrogen (secondary N) is 3. The molecule has 2 heterocycles. The predicted octanol–water partition coefficient (Wildman–Crippen LogP) is 3.22. The zero-order valence-corrected chi connectivity index (χ0v) is 17.1. The molecule has 0 unspecified atom stereocenters. The third-order valence-corrected chi connectivity index (χ3v) is 5.29. The van der Waals surface area contributed by atoms with Gasteiger partial charge in [-0.3, -0.25) is 4.79 Å². The van der Waals surface area contributed by atoms with Crippen molar-refractivity contribution in [3.8, 4) is 5.75 Å². The summed E-state index contributed by atoms with van der Waals surface area (Å²) in [6.07, 6.45) is 6.14. The van der Waals surface area contributed by atoms with Gasteiger partial charge in [0.2, 0.25) is 0 Å². The minimum Gasteiger partial charge on any atom is -0.495 e. The molecule has 0 radical (unpaired) electrons. The Labute approximate surface area is 176 Å². The number of urea groups is 1. The Hall–Kier alpha value is -3.29. The molecule has 1 aromatic heterocycles. The van der Waals surface area contributed by atoms with Crippen molar-refractivity contribution in [2.45, 2.75) is 38.3 Å². The molecule has 3 N–H and O–H groups in total. The van der Waals surface area contributed by atoms with Crippen molar-refractivity contribution >= 4 is 23.4 Å². The van der Waals surface area contributed by atoms with Crippen LogP contribution in [0.1, 0.15) is 41.6 Å². The fourth-order valence-electron chi connectivity index (χ4n) is 3.49. The molecule has 8 heteroatoms. The molecule has 2 fully saturated rings. The first-order valence-electron chi connectivity index (χ1n) is 10.4. The van der Waals surface area contributed by atoms with Gasteiger partial charge in [0.1, 0.15) is 11.6 Å². The minimum atomic E-state index is -0.368. The molecular formula is C22H27N5O3. The summed E-state index contributed by atoms with van der Waals surface area (Å²) in [5.74, 6) is 1.31. The molecule has 1 aliphatic heterocycles. The van der Waals surface area contributed by atoms with Crippen LogP contribution in [0.5, 0.6) is 5.75 Å². The highest BCUT2D eigenvalue weighted by Gasteiger charge is 2.22. The van der Waals surface area contributed by atoms with E-state index in [2.05, 4.69) is 20.9 Å². The molecule has 1 saturated heterocycles. The van der Waals surface area contributed by atoms with Crippen LogP contribution in [0.25, 0.3) is 0 Å². The zero-order valence-electron chi connectivity index (χ0n) is 17.1. The van der Waals surface area contributed by atoms with Crippen molar-refractivity contribution in [1.82, 2.24) is 15.2 Å². The van der Waals surface area contributed by atoms with Gasteiger partial charge >= 0.3 is 6.03 Å². The molecule has 8 nitrogen and oxygen atoms in total. The van der Waals surface area contributed by atoms with Gasteiger partial charge in [-0.15, -0.1) is 0 Å². The molecule has 1 aromatic carbocycles. The second-order valence-corrected chi connectivity index (χ2v) is 7.69. The van der Waals surface area contributed by atoms with E-state index < -0.39 is 0 Å². The predicted molar refractivity (Wildman–Crippen MR) is 115 cm³/mol. The number of likely N-dealkylation sites (tertiary alicyclic amines) is 1. The Kier molecular flexibility index (Phi) is 6.02. The highest BCUT2D eigenvalue weighted by molar-refractivity contribution is 5.98. The number of nitrogens with zero attached hydrogens (tertiary/aromatic N) is 2. The highest BCUT2D eigenvalue weighted by Crippen LogP contribution is 2.27. The first-order valence-corrected chi connectivity index (χ1v) is 10.4. The summed E-state index contributed by atoms with van der Waals surface area (Å²) < 4.78 is 5.34. The van der Waals surface area contributed by atoms with Crippen LogP contribution in [-0.4, -0.2) is 48.1 Å². The summed E-state index contributed by atoms with van der Waals surface area (Å²) in [5.41, 5.74) is 1.96. The minimum absolute atomic E-state index is 0.0221. The molecule has 158 valence electrons. The topological polar surface area (TPSA) is 95.6 Å². The van der Waals surface area contributed by atoms with Gasteiger partial charge in [0, 0.05) is 37.4 Å². The summed E-state index contributed by atoms with van der Waals surface area (Å²) in [5, 5.41) is 8.99. The van der Waals surface area contributed by atoms with Crippen molar-refractivity contribution in [3.05, 3.63) is 47.7 Å². The molecule has 1 saturated carbocycles. The SMILES string of the molecule is COc1ccc(C(=O)N2CCCC2)cc1NC(=O)NCc1ccnc(NC2CC2)c1. The Bertz CT molecular complexity index is 923. The monoisotopic (exact) mass is 409 g/mol. The molecule has 0 bridgehead atoms. The number of hydrogen-bond donors (Lipinski definition) is 3. The molecule has 2 aromatic rings. The van der Waals surface area contributed by atoms with Crippen LogP contribution in [0.4, 0.5) is 16.3 Å². The van der Waals surface area contributed by atoms with E-state index in [9.17, 15) is 9.59 Å². The number of amides is 3. The van der Waals surface area contributed by atoms with E-state index in [1.807, 2.05) is 17.0 Å². The average molecular weight is 409 g/mol. The Morgan fingerprint density at radius 1 is 1.17 bits per heavy atom. The molecule has 4 rings (SSSR count). The van der Waals surface area contributed by atoms with E-state index in [1.54, 1.807) is 24.4 Å². The number of benzene rings is 1. The van der Waals surface area contributed by atoms with Crippen molar-refractivity contribution < 1.29 is 14.3 Å². The van der Waals surface area contributed by atoms with Crippen molar-refractivity contribution in [1.29, 1.82) is 0 Å². The molecule has 0 spiro atoms. The number of ether oxygens (including phenoxy) is 1. The normalized spacial score (nSPS) is 15.6. The summed E-state index contributed by atoms with van der Waals surface area (Å²) in [7, 11) is 1.53. The lowest BCUT2D eigenvalue weighted by Gasteiger charge is -2.17. The molecule has 2 aliphatic rings. The average Bonchev–Trinajstić information content (AvgIpc) is 3.40. The van der Waals surface area contributed by atoms with Crippen LogP contribution in [0.2, 0.25) is 0 Å². The van der Waals surface area contributed by atoms with Gasteiger partial charge in [-0.05, 0) is 61.6 Å². The third kappa shape index (κ3) is 5.00. The molecule has 0 atom stereocenters. The van der Waals surface area contributed by atoms with E-state index in [0.29, 0.717) is 29.6 Å². The van der Waals surface area contributed by atoms with Crippen molar-refractivity contribution in [2.24, 2.45) is 0 Å². The van der Waals surface area contributed by atoms with E-state index >= 15 is 0 Å². The smallest absolute Gasteiger partial charge is 0.319 e. The van der Waals surface area contributed by atoms with Gasteiger partial charge in [-0.1, -0.05) is 0 Å². The van der Waals surface area contributed by atoms with Gasteiger partial charge in [0.05, 0.1) is 12.8 Å². The van der Waals surface area contributed by atoms with Crippen molar-refractivity contribution in [2.75, 3.05) is 30.8 Å². The van der Waals surface area contributed by atoms with Crippen LogP contribution in [0.3, 0.4) is 0 Å². The number of aromatic nitrogens is 1. The zero-order chi connectivity index (χ0) is 20.9. The van der Waals surface area contributed by atoms with Crippen molar-refractivity contribution in [3.63, 3.8) is 0 Å². The van der Waals surface area contributed by atoms with E-state index in [0.717, 1.165) is 37.3 Å². The lowest BCUT2D eigenvalue weighted by Crippen LogP contribution is -2.29. The number of carbonyl (C=O) groups is 2. The highest BCUT2D eigenvalue weighted by atomic mass is 16.5.